The fourth-order valence-electron chi connectivity index (χ4n) is 4.20. The third-order valence-electron chi connectivity index (χ3n) is 5.84. The van der Waals surface area contributed by atoms with E-state index in [4.69, 9.17) is 9.47 Å². The predicted molar refractivity (Wildman–Crippen MR) is 94.1 cm³/mol. The van der Waals surface area contributed by atoms with E-state index in [1.54, 1.807) is 6.20 Å². The van der Waals surface area contributed by atoms with Gasteiger partial charge in [0, 0.05) is 43.6 Å². The van der Waals surface area contributed by atoms with Crippen molar-refractivity contribution in [1.29, 1.82) is 0 Å². The molecule has 136 valence electrons. The lowest BCUT2D eigenvalue weighted by Gasteiger charge is -2.50. The molecule has 1 saturated carbocycles. The van der Waals surface area contributed by atoms with Crippen molar-refractivity contribution in [2.75, 3.05) is 32.9 Å². The van der Waals surface area contributed by atoms with Crippen LogP contribution in [0.4, 0.5) is 0 Å². The van der Waals surface area contributed by atoms with Crippen molar-refractivity contribution in [3.8, 4) is 0 Å². The highest BCUT2D eigenvalue weighted by Crippen LogP contribution is 2.41. The Morgan fingerprint density at radius 3 is 3.08 bits per heavy atom. The van der Waals surface area contributed by atoms with Crippen LogP contribution in [0, 0.1) is 11.3 Å². The maximum atomic E-state index is 12.8. The minimum atomic E-state index is -0.0227. The number of ether oxygens (including phenoxy) is 2. The fourth-order valence-corrected chi connectivity index (χ4v) is 4.20. The molecule has 1 amide bonds. The minimum absolute atomic E-state index is 0.0227. The zero-order chi connectivity index (χ0) is 17.1. The predicted octanol–water partition coefficient (Wildman–Crippen LogP) is 2.45. The van der Waals surface area contributed by atoms with Crippen molar-refractivity contribution < 1.29 is 14.3 Å². The van der Waals surface area contributed by atoms with Gasteiger partial charge in [0.15, 0.2) is 0 Å². The minimum Gasteiger partial charge on any atom is -0.380 e. The van der Waals surface area contributed by atoms with E-state index < -0.39 is 0 Å². The second-order valence-electron chi connectivity index (χ2n) is 7.89. The quantitative estimate of drug-likeness (QED) is 0.795. The van der Waals surface area contributed by atoms with Gasteiger partial charge >= 0.3 is 0 Å². The molecule has 0 N–H and O–H groups in total. The molecule has 5 nitrogen and oxygen atoms in total. The lowest BCUT2D eigenvalue weighted by Crippen LogP contribution is -2.58. The molecule has 25 heavy (non-hydrogen) atoms. The first-order chi connectivity index (χ1) is 12.3. The average Bonchev–Trinajstić information content (AvgIpc) is 3.46. The van der Waals surface area contributed by atoms with Crippen LogP contribution in [-0.2, 0) is 20.7 Å². The maximum absolute atomic E-state index is 12.8. The van der Waals surface area contributed by atoms with Gasteiger partial charge in [-0.15, -0.1) is 0 Å². The van der Waals surface area contributed by atoms with Crippen molar-refractivity contribution in [2.45, 2.75) is 44.6 Å². The summed E-state index contributed by atoms with van der Waals surface area (Å²) >= 11 is 0. The number of nitrogens with zero attached hydrogens (tertiary/aromatic N) is 2. The molecule has 1 aromatic rings. The summed E-state index contributed by atoms with van der Waals surface area (Å²) in [6.45, 7) is 3.98. The van der Waals surface area contributed by atoms with Gasteiger partial charge in [0.2, 0.25) is 5.91 Å². The maximum Gasteiger partial charge on any atom is 0.228 e. The molecule has 0 spiro atoms. The van der Waals surface area contributed by atoms with Crippen LogP contribution in [0.1, 0.15) is 37.8 Å². The molecule has 3 heterocycles. The number of likely N-dealkylation sites (tertiary alicyclic amines) is 1. The highest BCUT2D eigenvalue weighted by Gasteiger charge is 2.47. The summed E-state index contributed by atoms with van der Waals surface area (Å²) in [5, 5.41) is 0. The van der Waals surface area contributed by atoms with Crippen LogP contribution in [0.5, 0.6) is 0 Å². The summed E-state index contributed by atoms with van der Waals surface area (Å²) in [6, 6.07) is 5.73. The third-order valence-corrected chi connectivity index (χ3v) is 5.84. The Bertz CT molecular complexity index is 590. The largest absolute Gasteiger partial charge is 0.380 e. The monoisotopic (exact) mass is 344 g/mol. The molecule has 1 aromatic heterocycles. The van der Waals surface area contributed by atoms with Crippen molar-refractivity contribution >= 4 is 5.91 Å². The van der Waals surface area contributed by atoms with Gasteiger partial charge in [-0.25, -0.2) is 0 Å². The van der Waals surface area contributed by atoms with E-state index in [0.717, 1.165) is 63.8 Å². The standard InChI is InChI=1S/C20H28N2O3/c23-19(12-17-4-1-2-9-21-17)22-10-7-18-20(14-22,8-3-11-25-18)15-24-13-16-5-6-16/h1-2,4,9,16,18H,3,5-8,10-15H2/t18-,20+/m0/s1. The van der Waals surface area contributed by atoms with E-state index in [2.05, 4.69) is 4.98 Å². The normalized spacial score (nSPS) is 29.3. The summed E-state index contributed by atoms with van der Waals surface area (Å²) in [5.74, 6) is 0.939. The first-order valence-electron chi connectivity index (χ1n) is 9.62. The number of amides is 1. The SMILES string of the molecule is O=C(Cc1ccccn1)N1CC[C@@H]2OCCC[C@]2(COCC2CC2)C1. The number of carbonyl (C=O) groups excluding carboxylic acids is 1. The average molecular weight is 344 g/mol. The van der Waals surface area contributed by atoms with Crippen LogP contribution < -0.4 is 0 Å². The lowest BCUT2D eigenvalue weighted by atomic mass is 9.73. The molecule has 1 aliphatic carbocycles. The number of aromatic nitrogens is 1. The molecule has 0 bridgehead atoms. The number of hydrogen-bond acceptors (Lipinski definition) is 4. The summed E-state index contributed by atoms with van der Waals surface area (Å²) in [6.07, 6.45) is 8.05. The van der Waals surface area contributed by atoms with Gasteiger partial charge in [-0.2, -0.15) is 0 Å². The molecule has 0 unspecified atom stereocenters. The van der Waals surface area contributed by atoms with E-state index in [9.17, 15) is 4.79 Å². The van der Waals surface area contributed by atoms with Gasteiger partial charge in [-0.1, -0.05) is 6.07 Å². The van der Waals surface area contributed by atoms with Gasteiger partial charge < -0.3 is 14.4 Å². The van der Waals surface area contributed by atoms with Crippen molar-refractivity contribution in [2.24, 2.45) is 11.3 Å². The Labute approximate surface area is 149 Å². The van der Waals surface area contributed by atoms with Gasteiger partial charge in [-0.3, -0.25) is 9.78 Å². The molecule has 0 aromatic carbocycles. The Morgan fingerprint density at radius 1 is 1.36 bits per heavy atom. The number of pyridine rings is 1. The van der Waals surface area contributed by atoms with Crippen LogP contribution >= 0.6 is 0 Å². The molecule has 2 saturated heterocycles. The van der Waals surface area contributed by atoms with Crippen LogP contribution in [0.2, 0.25) is 0 Å². The molecule has 3 fully saturated rings. The molecule has 4 rings (SSSR count). The van der Waals surface area contributed by atoms with Gasteiger partial charge in [0.1, 0.15) is 0 Å². The highest BCUT2D eigenvalue weighted by molar-refractivity contribution is 5.78. The Kier molecular flexibility index (Phi) is 5.04. The second kappa shape index (κ2) is 7.42. The fraction of sp³-hybridized carbons (Fsp3) is 0.700. The smallest absolute Gasteiger partial charge is 0.228 e. The number of hydrogen-bond donors (Lipinski definition) is 0. The van der Waals surface area contributed by atoms with E-state index in [1.165, 1.54) is 12.8 Å². The second-order valence-corrected chi connectivity index (χ2v) is 7.89. The summed E-state index contributed by atoms with van der Waals surface area (Å²) in [7, 11) is 0. The first-order valence-corrected chi connectivity index (χ1v) is 9.62. The molecule has 2 aliphatic heterocycles. The molecule has 3 aliphatic rings. The van der Waals surface area contributed by atoms with Crippen molar-refractivity contribution in [1.82, 2.24) is 9.88 Å². The van der Waals surface area contributed by atoms with E-state index in [0.29, 0.717) is 6.42 Å². The Balaban J connectivity index is 1.40. The van der Waals surface area contributed by atoms with Crippen LogP contribution in [0.15, 0.2) is 24.4 Å². The molecule has 5 heteroatoms. The molecular weight excluding hydrogens is 316 g/mol. The summed E-state index contributed by atoms with van der Waals surface area (Å²) in [4.78, 5) is 19.1. The van der Waals surface area contributed by atoms with Gasteiger partial charge in [0.05, 0.1) is 19.1 Å². The number of rotatable bonds is 6. The number of carbonyl (C=O) groups is 1. The topological polar surface area (TPSA) is 51.7 Å². The summed E-state index contributed by atoms with van der Waals surface area (Å²) < 4.78 is 12.1. The van der Waals surface area contributed by atoms with Crippen molar-refractivity contribution in [3.05, 3.63) is 30.1 Å². The number of piperidine rings is 1. The van der Waals surface area contributed by atoms with Crippen LogP contribution in [0.3, 0.4) is 0 Å². The van der Waals surface area contributed by atoms with Crippen LogP contribution in [-0.4, -0.2) is 54.8 Å². The van der Waals surface area contributed by atoms with Crippen molar-refractivity contribution in [3.63, 3.8) is 0 Å². The van der Waals surface area contributed by atoms with Gasteiger partial charge in [0.25, 0.3) is 0 Å². The Morgan fingerprint density at radius 2 is 2.28 bits per heavy atom. The molecular formula is C20H28N2O3. The highest BCUT2D eigenvalue weighted by atomic mass is 16.5. The van der Waals surface area contributed by atoms with E-state index in [-0.39, 0.29) is 17.4 Å². The molecule has 0 radical (unpaired) electrons. The molecule has 2 atom stereocenters. The van der Waals surface area contributed by atoms with Crippen LogP contribution in [0.25, 0.3) is 0 Å². The van der Waals surface area contributed by atoms with E-state index in [1.807, 2.05) is 23.1 Å². The van der Waals surface area contributed by atoms with E-state index >= 15 is 0 Å². The Hall–Kier alpha value is -1.46. The first kappa shape index (κ1) is 17.0. The number of fused-ring (bicyclic) bond motifs is 1. The van der Waals surface area contributed by atoms with Gasteiger partial charge in [-0.05, 0) is 50.2 Å². The zero-order valence-corrected chi connectivity index (χ0v) is 14.9. The lowest BCUT2D eigenvalue weighted by molar-refractivity contribution is -0.164. The third kappa shape index (κ3) is 4.04. The zero-order valence-electron chi connectivity index (χ0n) is 14.9. The summed E-state index contributed by atoms with van der Waals surface area (Å²) in [5.41, 5.74) is 0.819.